The maximum atomic E-state index is 11.6. The van der Waals surface area contributed by atoms with E-state index >= 15 is 0 Å². The fourth-order valence-corrected chi connectivity index (χ4v) is 1.45. The number of aromatic nitrogens is 3. The lowest BCUT2D eigenvalue weighted by atomic mass is 10.3. The molecule has 0 aliphatic carbocycles. The fourth-order valence-electron chi connectivity index (χ4n) is 1.45. The predicted molar refractivity (Wildman–Crippen MR) is 73.7 cm³/mol. The minimum absolute atomic E-state index is 0.113. The molecule has 3 N–H and O–H groups in total. The van der Waals surface area contributed by atoms with Crippen LogP contribution >= 0.6 is 0 Å². The highest BCUT2D eigenvalue weighted by Gasteiger charge is 2.06. The van der Waals surface area contributed by atoms with Crippen LogP contribution in [0.1, 0.15) is 26.5 Å². The molecule has 8 nitrogen and oxygen atoms in total. The first-order valence-corrected chi connectivity index (χ1v) is 6.61. The van der Waals surface area contributed by atoms with Crippen LogP contribution in [-0.4, -0.2) is 45.9 Å². The molecule has 0 saturated heterocycles. The molecule has 0 aliphatic rings. The average Bonchev–Trinajstić information content (AvgIpc) is 2.79. The van der Waals surface area contributed by atoms with Gasteiger partial charge < -0.3 is 16.0 Å². The molecule has 0 unspecified atom stereocenters. The summed E-state index contributed by atoms with van der Waals surface area (Å²) in [5.41, 5.74) is 0.796. The van der Waals surface area contributed by atoms with Crippen molar-refractivity contribution in [3.63, 3.8) is 0 Å². The Kier molecular flexibility index (Phi) is 6.65. The summed E-state index contributed by atoms with van der Waals surface area (Å²) >= 11 is 0. The molecule has 1 aromatic heterocycles. The Balaban J connectivity index is 2.26. The minimum Gasteiger partial charge on any atom is -0.355 e. The van der Waals surface area contributed by atoms with E-state index in [0.29, 0.717) is 25.7 Å². The molecule has 20 heavy (non-hydrogen) atoms. The van der Waals surface area contributed by atoms with Gasteiger partial charge in [-0.25, -0.2) is 4.68 Å². The van der Waals surface area contributed by atoms with Gasteiger partial charge in [0.1, 0.15) is 6.54 Å². The van der Waals surface area contributed by atoms with Crippen molar-refractivity contribution >= 4 is 11.8 Å². The number of nitrogens with zero attached hydrogens (tertiary/aromatic N) is 3. The van der Waals surface area contributed by atoms with Gasteiger partial charge >= 0.3 is 0 Å². The highest BCUT2D eigenvalue weighted by Crippen LogP contribution is 1.93. The van der Waals surface area contributed by atoms with Crippen LogP contribution in [0, 0.1) is 0 Å². The second-order valence-electron chi connectivity index (χ2n) is 4.78. The van der Waals surface area contributed by atoms with E-state index < -0.39 is 0 Å². The van der Waals surface area contributed by atoms with E-state index in [1.165, 1.54) is 11.6 Å². The molecular weight excluding hydrogens is 260 g/mol. The lowest BCUT2D eigenvalue weighted by Gasteiger charge is -2.05. The number of nitrogens with one attached hydrogen (secondary N) is 3. The Hall–Kier alpha value is -1.96. The van der Waals surface area contributed by atoms with E-state index in [1.54, 1.807) is 6.20 Å². The molecule has 0 spiro atoms. The molecule has 0 bridgehead atoms. The molecule has 0 fully saturated rings. The van der Waals surface area contributed by atoms with Crippen molar-refractivity contribution in [3.05, 3.63) is 11.9 Å². The highest BCUT2D eigenvalue weighted by molar-refractivity contribution is 5.76. The first kappa shape index (κ1) is 16.1. The quantitative estimate of drug-likeness (QED) is 0.533. The number of hydrogen-bond donors (Lipinski definition) is 3. The van der Waals surface area contributed by atoms with Crippen molar-refractivity contribution in [3.8, 4) is 0 Å². The Morgan fingerprint density at radius 3 is 2.65 bits per heavy atom. The van der Waals surface area contributed by atoms with Crippen LogP contribution in [0.3, 0.4) is 0 Å². The molecule has 0 radical (unpaired) electrons. The van der Waals surface area contributed by atoms with Gasteiger partial charge in [-0.1, -0.05) is 19.1 Å². The van der Waals surface area contributed by atoms with Gasteiger partial charge in [-0.2, -0.15) is 0 Å². The lowest BCUT2D eigenvalue weighted by Crippen LogP contribution is -2.35. The third-order valence-corrected chi connectivity index (χ3v) is 2.40. The molecule has 1 rings (SSSR count). The summed E-state index contributed by atoms with van der Waals surface area (Å²) in [7, 11) is 0. The molecule has 0 atom stereocenters. The molecule has 0 aliphatic heterocycles. The normalized spacial score (nSPS) is 10.6. The van der Waals surface area contributed by atoms with Gasteiger partial charge in [-0.3, -0.25) is 9.59 Å². The summed E-state index contributed by atoms with van der Waals surface area (Å²) in [6.45, 7) is 7.09. The van der Waals surface area contributed by atoms with Crippen LogP contribution < -0.4 is 16.0 Å². The van der Waals surface area contributed by atoms with Crippen LogP contribution in [0.15, 0.2) is 6.20 Å². The maximum absolute atomic E-state index is 11.6. The zero-order valence-corrected chi connectivity index (χ0v) is 12.1. The second-order valence-corrected chi connectivity index (χ2v) is 4.78. The predicted octanol–water partition coefficient (Wildman–Crippen LogP) is -0.972. The summed E-state index contributed by atoms with van der Waals surface area (Å²) in [6, 6.07) is 0.372. The van der Waals surface area contributed by atoms with Gasteiger partial charge in [-0.15, -0.1) is 5.10 Å². The van der Waals surface area contributed by atoms with Gasteiger partial charge in [0, 0.05) is 32.6 Å². The van der Waals surface area contributed by atoms with Gasteiger partial charge in [0.15, 0.2) is 0 Å². The summed E-state index contributed by atoms with van der Waals surface area (Å²) < 4.78 is 1.49. The van der Waals surface area contributed by atoms with Crippen LogP contribution in [-0.2, 0) is 22.7 Å². The third kappa shape index (κ3) is 6.83. The van der Waals surface area contributed by atoms with E-state index in [-0.39, 0.29) is 18.4 Å². The van der Waals surface area contributed by atoms with Crippen molar-refractivity contribution < 1.29 is 9.59 Å². The number of carbonyl (C=O) groups excluding carboxylic acids is 2. The summed E-state index contributed by atoms with van der Waals surface area (Å²) in [6.07, 6.45) is 1.74. The molecule has 0 aromatic carbocycles. The first-order valence-electron chi connectivity index (χ1n) is 6.61. The van der Waals surface area contributed by atoms with Crippen molar-refractivity contribution in [2.45, 2.75) is 39.9 Å². The summed E-state index contributed by atoms with van der Waals surface area (Å²) in [4.78, 5) is 22.2. The zero-order valence-electron chi connectivity index (χ0n) is 12.1. The van der Waals surface area contributed by atoms with Gasteiger partial charge in [0.05, 0.1) is 11.9 Å². The largest absolute Gasteiger partial charge is 0.355 e. The van der Waals surface area contributed by atoms with Crippen molar-refractivity contribution in [1.82, 2.24) is 30.9 Å². The lowest BCUT2D eigenvalue weighted by molar-refractivity contribution is -0.122. The Bertz CT molecular complexity index is 443. The van der Waals surface area contributed by atoms with Crippen molar-refractivity contribution in [2.24, 2.45) is 0 Å². The molecule has 112 valence electrons. The second kappa shape index (κ2) is 8.26. The average molecular weight is 282 g/mol. The van der Waals surface area contributed by atoms with E-state index in [1.807, 2.05) is 13.8 Å². The van der Waals surface area contributed by atoms with Crippen LogP contribution in [0.25, 0.3) is 0 Å². The van der Waals surface area contributed by atoms with Crippen molar-refractivity contribution in [1.29, 1.82) is 0 Å². The molecular formula is C12H22N6O2. The van der Waals surface area contributed by atoms with E-state index in [0.717, 1.165) is 5.69 Å². The van der Waals surface area contributed by atoms with Crippen LogP contribution in [0.5, 0.6) is 0 Å². The minimum atomic E-state index is -0.163. The summed E-state index contributed by atoms with van der Waals surface area (Å²) in [5, 5.41) is 16.4. The Labute approximate surface area is 118 Å². The standard InChI is InChI=1S/C12H22N6O2/c1-9(2)15-6-11-7-18(17-16-11)8-12(20)14-5-4-13-10(3)19/h7,9,15H,4-6,8H2,1-3H3,(H,13,19)(H,14,20). The summed E-state index contributed by atoms with van der Waals surface area (Å²) in [5.74, 6) is -0.276. The van der Waals surface area contributed by atoms with E-state index in [2.05, 4.69) is 26.3 Å². The van der Waals surface area contributed by atoms with E-state index in [4.69, 9.17) is 0 Å². The van der Waals surface area contributed by atoms with Crippen LogP contribution in [0.4, 0.5) is 0 Å². The maximum Gasteiger partial charge on any atom is 0.241 e. The fraction of sp³-hybridized carbons (Fsp3) is 0.667. The Morgan fingerprint density at radius 2 is 2.00 bits per heavy atom. The number of amides is 2. The number of carbonyl (C=O) groups is 2. The smallest absolute Gasteiger partial charge is 0.241 e. The zero-order chi connectivity index (χ0) is 15.0. The van der Waals surface area contributed by atoms with Crippen LogP contribution in [0.2, 0.25) is 0 Å². The highest BCUT2D eigenvalue weighted by atomic mass is 16.2. The first-order chi connectivity index (χ1) is 9.47. The van der Waals surface area contributed by atoms with Gasteiger partial charge in [0.2, 0.25) is 11.8 Å². The molecule has 0 saturated carbocycles. The number of rotatable bonds is 8. The topological polar surface area (TPSA) is 101 Å². The Morgan fingerprint density at radius 1 is 1.30 bits per heavy atom. The van der Waals surface area contributed by atoms with Crippen molar-refractivity contribution in [2.75, 3.05) is 13.1 Å². The SMILES string of the molecule is CC(=O)NCCNC(=O)Cn1cc(CNC(C)C)nn1. The van der Waals surface area contributed by atoms with Gasteiger partial charge in [-0.05, 0) is 0 Å². The molecule has 2 amide bonds. The third-order valence-electron chi connectivity index (χ3n) is 2.40. The number of hydrogen-bond acceptors (Lipinski definition) is 5. The van der Waals surface area contributed by atoms with E-state index in [9.17, 15) is 9.59 Å². The molecule has 8 heteroatoms. The van der Waals surface area contributed by atoms with Gasteiger partial charge in [0.25, 0.3) is 0 Å². The molecule has 1 heterocycles. The monoisotopic (exact) mass is 282 g/mol. The molecule has 1 aromatic rings.